The van der Waals surface area contributed by atoms with Gasteiger partial charge in [0.2, 0.25) is 0 Å². The maximum Gasteiger partial charge on any atom is 0.325 e. The molecule has 2 amide bonds. The second-order valence-corrected chi connectivity index (χ2v) is 4.12. The number of carboxylic acid groups (broad SMARTS) is 1. The first kappa shape index (κ1) is 14.0. The minimum absolute atomic E-state index is 0.506. The van der Waals surface area contributed by atoms with Crippen molar-refractivity contribution in [3.8, 4) is 0 Å². The van der Waals surface area contributed by atoms with Gasteiger partial charge in [0.15, 0.2) is 0 Å². The number of nitrogens with one attached hydrogen (secondary N) is 2. The smallest absolute Gasteiger partial charge is 0.325 e. The van der Waals surface area contributed by atoms with Gasteiger partial charge >= 0.3 is 12.0 Å². The molecule has 0 unspecified atom stereocenters. The zero-order valence-electron chi connectivity index (χ0n) is 10.8. The molecule has 0 saturated carbocycles. The molecule has 3 N–H and O–H groups in total. The Hall–Kier alpha value is -2.04. The quantitative estimate of drug-likeness (QED) is 0.766. The molecule has 1 aromatic rings. The molecular formula is C13H18N2O3. The second kappa shape index (κ2) is 6.05. The third-order valence-corrected chi connectivity index (χ3v) is 2.70. The predicted molar refractivity (Wildman–Crippen MR) is 69.8 cm³/mol. The Bertz CT molecular complexity index is 458. The van der Waals surface area contributed by atoms with E-state index in [1.54, 1.807) is 0 Å². The highest BCUT2D eigenvalue weighted by Crippen LogP contribution is 2.20. The summed E-state index contributed by atoms with van der Waals surface area (Å²) >= 11 is 0. The van der Waals surface area contributed by atoms with Crippen LogP contribution in [0.25, 0.3) is 0 Å². The van der Waals surface area contributed by atoms with E-state index < -0.39 is 18.0 Å². The molecule has 0 fully saturated rings. The largest absolute Gasteiger partial charge is 0.480 e. The van der Waals surface area contributed by atoms with Crippen molar-refractivity contribution in [3.05, 3.63) is 29.3 Å². The molecule has 0 aliphatic rings. The molecule has 0 aliphatic heterocycles. The van der Waals surface area contributed by atoms with E-state index in [0.29, 0.717) is 0 Å². The van der Waals surface area contributed by atoms with Crippen LogP contribution in [0.15, 0.2) is 18.2 Å². The Morgan fingerprint density at radius 3 is 2.61 bits per heavy atom. The lowest BCUT2D eigenvalue weighted by Gasteiger charge is -2.15. The lowest BCUT2D eigenvalue weighted by Crippen LogP contribution is -2.41. The number of carbonyl (C=O) groups is 2. The van der Waals surface area contributed by atoms with Gasteiger partial charge in [-0.2, -0.15) is 0 Å². The SMILES string of the molecule is CCc1cccc(C)c1NC(=O)N[C@H](C)C(=O)O. The first-order valence-corrected chi connectivity index (χ1v) is 5.84. The second-order valence-electron chi connectivity index (χ2n) is 4.12. The molecule has 5 nitrogen and oxygen atoms in total. The van der Waals surface area contributed by atoms with Crippen molar-refractivity contribution in [1.29, 1.82) is 0 Å². The topological polar surface area (TPSA) is 78.4 Å². The molecule has 0 radical (unpaired) electrons. The van der Waals surface area contributed by atoms with Gasteiger partial charge in [-0.3, -0.25) is 4.79 Å². The minimum atomic E-state index is -1.06. The van der Waals surface area contributed by atoms with Crippen LogP contribution in [0.1, 0.15) is 25.0 Å². The van der Waals surface area contributed by atoms with Crippen molar-refractivity contribution in [2.75, 3.05) is 5.32 Å². The standard InChI is InChI=1S/C13H18N2O3/c1-4-10-7-5-6-8(2)11(10)15-13(18)14-9(3)12(16)17/h5-7,9H,4H2,1-3H3,(H,16,17)(H2,14,15,18)/t9-/m1/s1. The fourth-order valence-corrected chi connectivity index (χ4v) is 1.61. The molecule has 0 aromatic heterocycles. The van der Waals surface area contributed by atoms with Gasteiger partial charge < -0.3 is 15.7 Å². The van der Waals surface area contributed by atoms with Crippen LogP contribution in [-0.4, -0.2) is 23.1 Å². The summed E-state index contributed by atoms with van der Waals surface area (Å²) in [6.07, 6.45) is 0.797. The third-order valence-electron chi connectivity index (χ3n) is 2.70. The van der Waals surface area contributed by atoms with E-state index >= 15 is 0 Å². The summed E-state index contributed by atoms with van der Waals surface area (Å²) in [6.45, 7) is 5.31. The molecule has 1 rings (SSSR count). The molecule has 98 valence electrons. The highest BCUT2D eigenvalue weighted by atomic mass is 16.4. The van der Waals surface area contributed by atoms with Crippen LogP contribution in [0.4, 0.5) is 10.5 Å². The number of hydrogen-bond acceptors (Lipinski definition) is 2. The molecule has 1 atom stereocenters. The maximum absolute atomic E-state index is 11.7. The number of urea groups is 1. The normalized spacial score (nSPS) is 11.7. The van der Waals surface area contributed by atoms with Crippen LogP contribution in [-0.2, 0) is 11.2 Å². The zero-order chi connectivity index (χ0) is 13.7. The minimum Gasteiger partial charge on any atom is -0.480 e. The molecular weight excluding hydrogens is 232 g/mol. The number of benzene rings is 1. The fraction of sp³-hybridized carbons (Fsp3) is 0.385. The number of aliphatic carboxylic acids is 1. The first-order chi connectivity index (χ1) is 8.45. The maximum atomic E-state index is 11.7. The number of carboxylic acids is 1. The summed E-state index contributed by atoms with van der Waals surface area (Å²) < 4.78 is 0. The van der Waals surface area contributed by atoms with E-state index in [0.717, 1.165) is 23.2 Å². The Balaban J connectivity index is 2.79. The number of rotatable bonds is 4. The summed E-state index contributed by atoms with van der Waals surface area (Å²) in [5.41, 5.74) is 2.72. The van der Waals surface area contributed by atoms with E-state index in [9.17, 15) is 9.59 Å². The molecule has 18 heavy (non-hydrogen) atoms. The Morgan fingerprint density at radius 1 is 1.39 bits per heavy atom. The molecule has 5 heteroatoms. The van der Waals surface area contributed by atoms with E-state index in [1.807, 2.05) is 32.0 Å². The monoisotopic (exact) mass is 250 g/mol. The van der Waals surface area contributed by atoms with Gasteiger partial charge in [0.25, 0.3) is 0 Å². The number of hydrogen-bond donors (Lipinski definition) is 3. The third kappa shape index (κ3) is 3.48. The lowest BCUT2D eigenvalue weighted by atomic mass is 10.1. The van der Waals surface area contributed by atoms with Crippen LogP contribution >= 0.6 is 0 Å². The van der Waals surface area contributed by atoms with Gasteiger partial charge in [-0.1, -0.05) is 25.1 Å². The van der Waals surface area contributed by atoms with Gasteiger partial charge in [0.05, 0.1) is 0 Å². The van der Waals surface area contributed by atoms with E-state index in [-0.39, 0.29) is 0 Å². The average molecular weight is 250 g/mol. The van der Waals surface area contributed by atoms with Crippen molar-refractivity contribution in [2.45, 2.75) is 33.2 Å². The summed E-state index contributed by atoms with van der Waals surface area (Å²) in [5, 5.41) is 13.8. The van der Waals surface area contributed by atoms with Gasteiger partial charge in [-0.15, -0.1) is 0 Å². The first-order valence-electron chi connectivity index (χ1n) is 5.84. The summed E-state index contributed by atoms with van der Waals surface area (Å²) in [7, 11) is 0. The molecule has 0 bridgehead atoms. The number of carbonyl (C=O) groups excluding carboxylic acids is 1. The highest BCUT2D eigenvalue weighted by Gasteiger charge is 2.15. The van der Waals surface area contributed by atoms with E-state index in [2.05, 4.69) is 10.6 Å². The number of para-hydroxylation sites is 1. The Kier molecular flexibility index (Phi) is 4.71. The molecule has 0 aliphatic carbocycles. The van der Waals surface area contributed by atoms with Crippen LogP contribution in [0.5, 0.6) is 0 Å². The zero-order valence-corrected chi connectivity index (χ0v) is 10.8. The van der Waals surface area contributed by atoms with Crippen LogP contribution < -0.4 is 10.6 Å². The van der Waals surface area contributed by atoms with Gasteiger partial charge in [-0.05, 0) is 31.4 Å². The van der Waals surface area contributed by atoms with Crippen LogP contribution in [0.3, 0.4) is 0 Å². The van der Waals surface area contributed by atoms with Crippen molar-refractivity contribution in [2.24, 2.45) is 0 Å². The molecule has 0 saturated heterocycles. The summed E-state index contributed by atoms with van der Waals surface area (Å²) in [4.78, 5) is 22.3. The van der Waals surface area contributed by atoms with Gasteiger partial charge in [-0.25, -0.2) is 4.79 Å². The Labute approximate surface area is 106 Å². The van der Waals surface area contributed by atoms with Gasteiger partial charge in [0, 0.05) is 5.69 Å². The van der Waals surface area contributed by atoms with Crippen molar-refractivity contribution in [3.63, 3.8) is 0 Å². The van der Waals surface area contributed by atoms with Crippen molar-refractivity contribution in [1.82, 2.24) is 5.32 Å². The average Bonchev–Trinajstić information content (AvgIpc) is 2.31. The van der Waals surface area contributed by atoms with E-state index in [1.165, 1.54) is 6.92 Å². The molecule has 1 aromatic carbocycles. The highest BCUT2D eigenvalue weighted by molar-refractivity contribution is 5.93. The fourth-order valence-electron chi connectivity index (χ4n) is 1.61. The van der Waals surface area contributed by atoms with Gasteiger partial charge in [0.1, 0.15) is 6.04 Å². The summed E-state index contributed by atoms with van der Waals surface area (Å²) in [6, 6.07) is 4.34. The summed E-state index contributed by atoms with van der Waals surface area (Å²) in [5.74, 6) is -1.06. The number of anilines is 1. The predicted octanol–water partition coefficient (Wildman–Crippen LogP) is 2.15. The lowest BCUT2D eigenvalue weighted by molar-refractivity contribution is -0.138. The van der Waals surface area contributed by atoms with Crippen molar-refractivity contribution >= 4 is 17.7 Å². The van der Waals surface area contributed by atoms with Crippen molar-refractivity contribution < 1.29 is 14.7 Å². The van der Waals surface area contributed by atoms with Crippen LogP contribution in [0, 0.1) is 6.92 Å². The molecule has 0 heterocycles. The number of aryl methyl sites for hydroxylation is 2. The Morgan fingerprint density at radius 2 is 2.06 bits per heavy atom. The van der Waals surface area contributed by atoms with Crippen LogP contribution in [0.2, 0.25) is 0 Å². The molecule has 0 spiro atoms. The van der Waals surface area contributed by atoms with E-state index in [4.69, 9.17) is 5.11 Å². The number of amides is 2.